The van der Waals surface area contributed by atoms with Gasteiger partial charge in [0.15, 0.2) is 17.3 Å². The summed E-state index contributed by atoms with van der Waals surface area (Å²) in [7, 11) is 0. The number of hydrogen-bond acceptors (Lipinski definition) is 7. The fourth-order valence-corrected chi connectivity index (χ4v) is 5.76. The summed E-state index contributed by atoms with van der Waals surface area (Å²) < 4.78 is 10.9. The van der Waals surface area contributed by atoms with Crippen LogP contribution in [-0.2, 0) is 4.79 Å². The van der Waals surface area contributed by atoms with E-state index in [0.717, 1.165) is 16.9 Å². The van der Waals surface area contributed by atoms with Gasteiger partial charge in [0.1, 0.15) is 6.54 Å². The second kappa shape index (κ2) is 12.5. The topological polar surface area (TPSA) is 88.1 Å². The lowest BCUT2D eigenvalue weighted by Crippen LogP contribution is -2.52. The second-order valence-electron chi connectivity index (χ2n) is 10.4. The number of nitrogens with zero attached hydrogens (tertiary/aromatic N) is 5. The molecule has 1 saturated heterocycles. The van der Waals surface area contributed by atoms with E-state index in [4.69, 9.17) is 32.7 Å². The van der Waals surface area contributed by atoms with Crippen molar-refractivity contribution in [2.75, 3.05) is 44.4 Å². The monoisotopic (exact) mass is 617 g/mol. The molecular weight excluding hydrogens is 589 g/mol. The Labute approximate surface area is 259 Å². The highest BCUT2D eigenvalue weighted by Crippen LogP contribution is 2.34. The summed E-state index contributed by atoms with van der Waals surface area (Å²) in [5.74, 6) is 1.47. The Morgan fingerprint density at radius 2 is 1.65 bits per heavy atom. The number of aromatic nitrogens is 2. The van der Waals surface area contributed by atoms with E-state index in [1.165, 1.54) is 0 Å². The molecule has 4 aromatic rings. The van der Waals surface area contributed by atoms with Gasteiger partial charge in [-0.2, -0.15) is 0 Å². The fraction of sp³-hybridized carbons (Fsp3) is 0.250. The summed E-state index contributed by atoms with van der Waals surface area (Å²) in [5.41, 5.74) is 2.78. The van der Waals surface area contributed by atoms with Gasteiger partial charge < -0.3 is 24.2 Å². The van der Waals surface area contributed by atoms with E-state index in [1.54, 1.807) is 40.1 Å². The number of rotatable bonds is 7. The molecule has 2 aliphatic heterocycles. The van der Waals surface area contributed by atoms with Crippen LogP contribution in [-0.4, -0.2) is 71.3 Å². The van der Waals surface area contributed by atoms with Crippen LogP contribution < -0.4 is 14.4 Å². The van der Waals surface area contributed by atoms with Gasteiger partial charge in [0.2, 0.25) is 12.7 Å². The van der Waals surface area contributed by atoms with Gasteiger partial charge in [0, 0.05) is 42.3 Å². The molecule has 43 heavy (non-hydrogen) atoms. The minimum Gasteiger partial charge on any atom is -0.454 e. The lowest BCUT2D eigenvalue weighted by molar-refractivity contribution is -0.132. The van der Waals surface area contributed by atoms with Gasteiger partial charge >= 0.3 is 0 Å². The van der Waals surface area contributed by atoms with Crippen molar-refractivity contribution in [2.24, 2.45) is 0 Å². The first kappa shape index (κ1) is 28.8. The SMILES string of the molecule is C[C@@H](c1ccccc1)N(CC(=O)N1CCN(c2ccc(-c3ccc(Cl)cc3Cl)nn2)CC1)C(=O)c1ccc2c(c1)OCO2. The first-order chi connectivity index (χ1) is 20.9. The van der Waals surface area contributed by atoms with E-state index < -0.39 is 0 Å². The van der Waals surface area contributed by atoms with Crippen molar-refractivity contribution < 1.29 is 19.1 Å². The van der Waals surface area contributed by atoms with E-state index in [9.17, 15) is 9.59 Å². The quantitative estimate of drug-likeness (QED) is 0.262. The molecule has 0 saturated carbocycles. The Balaban J connectivity index is 1.13. The van der Waals surface area contributed by atoms with Crippen molar-refractivity contribution in [1.29, 1.82) is 0 Å². The van der Waals surface area contributed by atoms with Crippen LogP contribution in [0.5, 0.6) is 11.5 Å². The molecule has 2 amide bonds. The average molecular weight is 619 g/mol. The number of carbonyl (C=O) groups excluding carboxylic acids is 2. The van der Waals surface area contributed by atoms with Crippen molar-refractivity contribution >= 4 is 40.8 Å². The molecule has 0 radical (unpaired) electrons. The minimum absolute atomic E-state index is 0.0559. The molecule has 0 aliphatic carbocycles. The van der Waals surface area contributed by atoms with Gasteiger partial charge in [0.05, 0.1) is 16.8 Å². The van der Waals surface area contributed by atoms with Crippen molar-refractivity contribution in [3.63, 3.8) is 0 Å². The Bertz CT molecular complexity index is 1630. The second-order valence-corrected chi connectivity index (χ2v) is 11.2. The van der Waals surface area contributed by atoms with E-state index in [2.05, 4.69) is 15.1 Å². The molecule has 2 aliphatic rings. The molecular formula is C32H29Cl2N5O4. The molecule has 9 nitrogen and oxygen atoms in total. The van der Waals surface area contributed by atoms with Crippen molar-refractivity contribution in [3.05, 3.63) is 100 Å². The number of benzene rings is 3. The van der Waals surface area contributed by atoms with Crippen LogP contribution in [0.15, 0.2) is 78.9 Å². The molecule has 3 heterocycles. The summed E-state index contributed by atoms with van der Waals surface area (Å²) in [5, 5.41) is 9.84. The van der Waals surface area contributed by atoms with Crippen molar-refractivity contribution in [1.82, 2.24) is 20.0 Å². The van der Waals surface area contributed by atoms with E-state index in [-0.39, 0.29) is 31.2 Å². The van der Waals surface area contributed by atoms with E-state index in [1.807, 2.05) is 55.5 Å². The number of piperazine rings is 1. The highest BCUT2D eigenvalue weighted by atomic mass is 35.5. The number of anilines is 1. The Kier molecular flexibility index (Phi) is 8.35. The number of carbonyl (C=O) groups is 2. The Morgan fingerprint density at radius 3 is 2.37 bits per heavy atom. The van der Waals surface area contributed by atoms with E-state index >= 15 is 0 Å². The largest absolute Gasteiger partial charge is 0.454 e. The lowest BCUT2D eigenvalue weighted by Gasteiger charge is -2.37. The summed E-state index contributed by atoms with van der Waals surface area (Å²) in [6.45, 7) is 4.17. The lowest BCUT2D eigenvalue weighted by atomic mass is 10.0. The molecule has 3 aromatic carbocycles. The fourth-order valence-electron chi connectivity index (χ4n) is 5.26. The first-order valence-electron chi connectivity index (χ1n) is 13.9. The molecule has 11 heteroatoms. The highest BCUT2D eigenvalue weighted by Gasteiger charge is 2.30. The Morgan fingerprint density at radius 1 is 0.884 bits per heavy atom. The molecule has 1 fully saturated rings. The number of ether oxygens (including phenoxy) is 2. The van der Waals surface area contributed by atoms with Crippen molar-refractivity contribution in [2.45, 2.75) is 13.0 Å². The maximum absolute atomic E-state index is 13.8. The van der Waals surface area contributed by atoms with Gasteiger partial charge in [-0.15, -0.1) is 10.2 Å². The molecule has 0 unspecified atom stereocenters. The molecule has 1 atom stereocenters. The third-order valence-electron chi connectivity index (χ3n) is 7.75. The summed E-state index contributed by atoms with van der Waals surface area (Å²) >= 11 is 12.3. The molecule has 0 spiro atoms. The summed E-state index contributed by atoms with van der Waals surface area (Å²) in [6.07, 6.45) is 0. The molecule has 0 bridgehead atoms. The summed E-state index contributed by atoms with van der Waals surface area (Å²) in [6, 6.07) is 23.5. The van der Waals surface area contributed by atoms with Gasteiger partial charge in [-0.3, -0.25) is 9.59 Å². The smallest absolute Gasteiger partial charge is 0.254 e. The van der Waals surface area contributed by atoms with Crippen LogP contribution in [0.25, 0.3) is 11.3 Å². The van der Waals surface area contributed by atoms with Crippen LogP contribution >= 0.6 is 23.2 Å². The standard InChI is InChI=1S/C32H29Cl2N5O4/c1-21(22-5-3-2-4-6-22)39(32(41)23-7-11-28-29(17-23)43-20-42-28)19-31(40)38-15-13-37(14-16-38)30-12-10-27(35-36-30)25-9-8-24(33)18-26(25)34/h2-12,17-18,21H,13-16,19-20H2,1H3/t21-/m0/s1. The molecule has 0 N–H and O–H groups in total. The van der Waals surface area contributed by atoms with Gasteiger partial charge in [-0.05, 0) is 61.0 Å². The predicted molar refractivity (Wildman–Crippen MR) is 165 cm³/mol. The Hall–Kier alpha value is -4.34. The third-order valence-corrected chi connectivity index (χ3v) is 8.30. The molecule has 6 rings (SSSR count). The highest BCUT2D eigenvalue weighted by molar-refractivity contribution is 6.36. The minimum atomic E-state index is -0.327. The van der Waals surface area contributed by atoms with Crippen LogP contribution in [0.4, 0.5) is 5.82 Å². The third kappa shape index (κ3) is 6.23. The number of fused-ring (bicyclic) bond motifs is 1. The number of halogens is 2. The van der Waals surface area contributed by atoms with Crippen LogP contribution in [0.3, 0.4) is 0 Å². The van der Waals surface area contributed by atoms with Crippen LogP contribution in [0, 0.1) is 0 Å². The molecule has 220 valence electrons. The van der Waals surface area contributed by atoms with Crippen LogP contribution in [0.2, 0.25) is 10.0 Å². The van der Waals surface area contributed by atoms with Crippen LogP contribution in [0.1, 0.15) is 28.9 Å². The number of amides is 2. The maximum atomic E-state index is 13.8. The zero-order valence-corrected chi connectivity index (χ0v) is 25.0. The summed E-state index contributed by atoms with van der Waals surface area (Å²) in [4.78, 5) is 32.9. The maximum Gasteiger partial charge on any atom is 0.254 e. The molecule has 1 aromatic heterocycles. The van der Waals surface area contributed by atoms with Gasteiger partial charge in [-0.25, -0.2) is 0 Å². The number of hydrogen-bond donors (Lipinski definition) is 0. The zero-order chi connectivity index (χ0) is 29.9. The average Bonchev–Trinajstić information content (AvgIpc) is 3.52. The van der Waals surface area contributed by atoms with Crippen molar-refractivity contribution in [3.8, 4) is 22.8 Å². The normalized spacial score (nSPS) is 14.9. The van der Waals surface area contributed by atoms with Gasteiger partial charge in [0.25, 0.3) is 5.91 Å². The predicted octanol–water partition coefficient (Wildman–Crippen LogP) is 5.73. The van der Waals surface area contributed by atoms with Gasteiger partial charge in [-0.1, -0.05) is 53.5 Å². The van der Waals surface area contributed by atoms with E-state index in [0.29, 0.717) is 59.0 Å². The first-order valence-corrected chi connectivity index (χ1v) is 14.7. The zero-order valence-electron chi connectivity index (χ0n) is 23.5.